The van der Waals surface area contributed by atoms with Crippen LogP contribution in [0.2, 0.25) is 0 Å². The summed E-state index contributed by atoms with van der Waals surface area (Å²) in [4.78, 5) is 24.3. The quantitative estimate of drug-likeness (QED) is 0.715. The van der Waals surface area contributed by atoms with Gasteiger partial charge >= 0.3 is 5.97 Å². The van der Waals surface area contributed by atoms with Crippen LogP contribution in [0.5, 0.6) is 0 Å². The SMILES string of the molecule is CC(C)(N)CC(=O)N1CCOCC1CC(=O)O. The second kappa shape index (κ2) is 5.46. The van der Waals surface area contributed by atoms with Crippen molar-refractivity contribution in [2.24, 2.45) is 5.73 Å². The van der Waals surface area contributed by atoms with Crippen LogP contribution in [-0.2, 0) is 14.3 Å². The summed E-state index contributed by atoms with van der Waals surface area (Å²) in [5.41, 5.74) is 5.21. The Labute approximate surface area is 101 Å². The Bertz CT molecular complexity index is 298. The van der Waals surface area contributed by atoms with Crippen LogP contribution in [-0.4, -0.2) is 53.2 Å². The van der Waals surface area contributed by atoms with Gasteiger partial charge in [0, 0.05) is 18.5 Å². The van der Waals surface area contributed by atoms with E-state index < -0.39 is 11.5 Å². The Kier molecular flexibility index (Phi) is 4.47. The molecule has 1 atom stereocenters. The molecule has 98 valence electrons. The molecule has 3 N–H and O–H groups in total. The molecule has 1 rings (SSSR count). The van der Waals surface area contributed by atoms with Crippen LogP contribution in [0.1, 0.15) is 26.7 Å². The first-order valence-electron chi connectivity index (χ1n) is 5.67. The van der Waals surface area contributed by atoms with Crippen LogP contribution in [0.15, 0.2) is 0 Å². The molecule has 0 aliphatic carbocycles. The smallest absolute Gasteiger partial charge is 0.305 e. The maximum absolute atomic E-state index is 12.0. The fourth-order valence-corrected chi connectivity index (χ4v) is 1.85. The second-order valence-electron chi connectivity index (χ2n) is 5.08. The summed E-state index contributed by atoms with van der Waals surface area (Å²) in [6, 6.07) is -0.379. The zero-order valence-electron chi connectivity index (χ0n) is 10.3. The molecule has 0 saturated carbocycles. The van der Waals surface area contributed by atoms with Gasteiger partial charge in [0.15, 0.2) is 0 Å². The number of hydrogen-bond donors (Lipinski definition) is 2. The van der Waals surface area contributed by atoms with Gasteiger partial charge in [0.05, 0.1) is 25.7 Å². The number of carbonyl (C=O) groups is 2. The number of rotatable bonds is 4. The van der Waals surface area contributed by atoms with Gasteiger partial charge in [-0.3, -0.25) is 9.59 Å². The fourth-order valence-electron chi connectivity index (χ4n) is 1.85. The highest BCUT2D eigenvalue weighted by atomic mass is 16.5. The summed E-state index contributed by atoms with van der Waals surface area (Å²) < 4.78 is 5.21. The van der Waals surface area contributed by atoms with Crippen molar-refractivity contribution >= 4 is 11.9 Å². The number of carbonyl (C=O) groups excluding carboxylic acids is 1. The molecule has 17 heavy (non-hydrogen) atoms. The summed E-state index contributed by atoms with van der Waals surface area (Å²) in [5.74, 6) is -1.03. The first-order chi connectivity index (χ1) is 7.79. The van der Waals surface area contributed by atoms with Crippen LogP contribution in [0.4, 0.5) is 0 Å². The molecule has 1 amide bonds. The Balaban J connectivity index is 2.64. The number of nitrogens with zero attached hydrogens (tertiary/aromatic N) is 1. The normalized spacial score (nSPS) is 21.4. The third-order valence-electron chi connectivity index (χ3n) is 2.56. The van der Waals surface area contributed by atoms with E-state index >= 15 is 0 Å². The number of ether oxygens (including phenoxy) is 1. The monoisotopic (exact) mass is 244 g/mol. The van der Waals surface area contributed by atoms with E-state index in [-0.39, 0.29) is 31.4 Å². The third kappa shape index (κ3) is 4.70. The molecule has 1 fully saturated rings. The van der Waals surface area contributed by atoms with E-state index in [1.165, 1.54) is 0 Å². The standard InChI is InChI=1S/C11H20N2O4/c1-11(2,12)6-9(14)13-3-4-17-7-8(13)5-10(15)16/h8H,3-7,12H2,1-2H3,(H,15,16). The van der Waals surface area contributed by atoms with Crippen molar-refractivity contribution in [2.75, 3.05) is 19.8 Å². The van der Waals surface area contributed by atoms with E-state index in [1.807, 2.05) is 0 Å². The Morgan fingerprint density at radius 3 is 2.71 bits per heavy atom. The van der Waals surface area contributed by atoms with Crippen LogP contribution < -0.4 is 5.73 Å². The lowest BCUT2D eigenvalue weighted by Crippen LogP contribution is -2.51. The van der Waals surface area contributed by atoms with Gasteiger partial charge in [0.1, 0.15) is 0 Å². The maximum atomic E-state index is 12.0. The molecule has 0 spiro atoms. The van der Waals surface area contributed by atoms with Crippen LogP contribution in [0.25, 0.3) is 0 Å². The molecule has 0 bridgehead atoms. The van der Waals surface area contributed by atoms with Crippen molar-refractivity contribution in [1.82, 2.24) is 4.90 Å². The average Bonchev–Trinajstić information content (AvgIpc) is 2.14. The average molecular weight is 244 g/mol. The highest BCUT2D eigenvalue weighted by Crippen LogP contribution is 2.15. The topological polar surface area (TPSA) is 92.9 Å². The first-order valence-corrected chi connectivity index (χ1v) is 5.67. The van der Waals surface area contributed by atoms with Gasteiger partial charge in [-0.1, -0.05) is 0 Å². The highest BCUT2D eigenvalue weighted by molar-refractivity contribution is 5.78. The molecule has 6 nitrogen and oxygen atoms in total. The lowest BCUT2D eigenvalue weighted by molar-refractivity contribution is -0.146. The third-order valence-corrected chi connectivity index (χ3v) is 2.56. The fraction of sp³-hybridized carbons (Fsp3) is 0.818. The van der Waals surface area contributed by atoms with Gasteiger partial charge in [0.25, 0.3) is 0 Å². The summed E-state index contributed by atoms with van der Waals surface area (Å²) in [6.45, 7) is 4.72. The van der Waals surface area contributed by atoms with E-state index in [0.29, 0.717) is 13.2 Å². The Hall–Kier alpha value is -1.14. The van der Waals surface area contributed by atoms with E-state index in [9.17, 15) is 9.59 Å². The molecule has 0 aromatic heterocycles. The zero-order valence-corrected chi connectivity index (χ0v) is 10.3. The van der Waals surface area contributed by atoms with E-state index in [1.54, 1.807) is 18.7 Å². The number of carboxylic acids is 1. The first kappa shape index (κ1) is 13.9. The number of nitrogens with two attached hydrogens (primary N) is 1. The van der Waals surface area contributed by atoms with Gasteiger partial charge < -0.3 is 20.5 Å². The predicted molar refractivity (Wildman–Crippen MR) is 61.5 cm³/mol. The van der Waals surface area contributed by atoms with Gasteiger partial charge in [-0.2, -0.15) is 0 Å². The van der Waals surface area contributed by atoms with Crippen LogP contribution in [0, 0.1) is 0 Å². The van der Waals surface area contributed by atoms with Gasteiger partial charge in [-0.15, -0.1) is 0 Å². The largest absolute Gasteiger partial charge is 0.481 e. The van der Waals surface area contributed by atoms with Crippen LogP contribution in [0.3, 0.4) is 0 Å². The molecule has 0 aromatic carbocycles. The Morgan fingerprint density at radius 2 is 2.18 bits per heavy atom. The summed E-state index contributed by atoms with van der Waals surface area (Å²) in [5, 5.41) is 8.78. The number of hydrogen-bond acceptors (Lipinski definition) is 4. The molecule has 1 unspecified atom stereocenters. The van der Waals surface area contributed by atoms with Gasteiger partial charge in [0.2, 0.25) is 5.91 Å². The number of amides is 1. The number of carboxylic acid groups (broad SMARTS) is 1. The van der Waals surface area contributed by atoms with Gasteiger partial charge in [-0.25, -0.2) is 0 Å². The molecule has 6 heteroatoms. The molecule has 1 heterocycles. The molecular weight excluding hydrogens is 224 g/mol. The molecular formula is C11H20N2O4. The van der Waals surface area contributed by atoms with Crippen molar-refractivity contribution in [2.45, 2.75) is 38.3 Å². The molecule has 1 aliphatic rings. The van der Waals surface area contributed by atoms with Gasteiger partial charge in [-0.05, 0) is 13.8 Å². The minimum absolute atomic E-state index is 0.0866. The lowest BCUT2D eigenvalue weighted by atomic mass is 10.0. The summed E-state index contributed by atoms with van der Waals surface area (Å²) in [7, 11) is 0. The molecule has 1 aliphatic heterocycles. The zero-order chi connectivity index (χ0) is 13.1. The maximum Gasteiger partial charge on any atom is 0.305 e. The number of morpholine rings is 1. The lowest BCUT2D eigenvalue weighted by Gasteiger charge is -2.36. The van der Waals surface area contributed by atoms with Crippen molar-refractivity contribution in [3.8, 4) is 0 Å². The molecule has 0 radical (unpaired) electrons. The van der Waals surface area contributed by atoms with Crippen molar-refractivity contribution in [1.29, 1.82) is 0 Å². The summed E-state index contributed by atoms with van der Waals surface area (Å²) >= 11 is 0. The van der Waals surface area contributed by atoms with Crippen molar-refractivity contribution in [3.05, 3.63) is 0 Å². The molecule has 1 saturated heterocycles. The van der Waals surface area contributed by atoms with Crippen molar-refractivity contribution in [3.63, 3.8) is 0 Å². The molecule has 0 aromatic rings. The minimum Gasteiger partial charge on any atom is -0.481 e. The predicted octanol–water partition coefficient (Wildman–Crippen LogP) is -0.184. The summed E-state index contributed by atoms with van der Waals surface area (Å²) in [6.07, 6.45) is 0.125. The highest BCUT2D eigenvalue weighted by Gasteiger charge is 2.31. The van der Waals surface area contributed by atoms with E-state index in [0.717, 1.165) is 0 Å². The second-order valence-corrected chi connectivity index (χ2v) is 5.08. The Morgan fingerprint density at radius 1 is 1.53 bits per heavy atom. The minimum atomic E-state index is -0.926. The van der Waals surface area contributed by atoms with E-state index in [2.05, 4.69) is 0 Å². The van der Waals surface area contributed by atoms with Crippen molar-refractivity contribution < 1.29 is 19.4 Å². The number of aliphatic carboxylic acids is 1. The van der Waals surface area contributed by atoms with E-state index in [4.69, 9.17) is 15.6 Å². The van der Waals surface area contributed by atoms with Crippen LogP contribution >= 0.6 is 0 Å².